The second-order valence-electron chi connectivity index (χ2n) is 6.09. The smallest absolute Gasteiger partial charge is 0.187 e. The van der Waals surface area contributed by atoms with Gasteiger partial charge in [0.15, 0.2) is 11.3 Å². The Labute approximate surface area is 151 Å². The van der Waals surface area contributed by atoms with Gasteiger partial charge in [0.25, 0.3) is 0 Å². The summed E-state index contributed by atoms with van der Waals surface area (Å²) in [5, 5.41) is 4.46. The molecule has 26 heavy (non-hydrogen) atoms. The molecular formula is C22H16N4. The normalized spacial score (nSPS) is 10.6. The minimum Gasteiger partial charge on any atom is -0.238 e. The Morgan fingerprint density at radius 3 is 2.38 bits per heavy atom. The molecule has 4 nitrogen and oxygen atoms in total. The van der Waals surface area contributed by atoms with Crippen molar-refractivity contribution in [1.29, 1.82) is 0 Å². The van der Waals surface area contributed by atoms with E-state index < -0.39 is 0 Å². The highest BCUT2D eigenvalue weighted by Crippen LogP contribution is 2.35. The van der Waals surface area contributed by atoms with Gasteiger partial charge in [-0.15, -0.1) is 0 Å². The Morgan fingerprint density at radius 2 is 1.73 bits per heavy atom. The van der Waals surface area contributed by atoms with Crippen LogP contribution in [0.2, 0.25) is 0 Å². The summed E-state index contributed by atoms with van der Waals surface area (Å²) >= 11 is 0. The van der Waals surface area contributed by atoms with E-state index in [2.05, 4.69) is 58.8 Å². The van der Waals surface area contributed by atoms with E-state index >= 15 is 0 Å². The number of aryl methyl sites for hydroxylation is 1. The molecule has 2 aromatic heterocycles. The van der Waals surface area contributed by atoms with E-state index in [0.717, 1.165) is 33.6 Å². The van der Waals surface area contributed by atoms with Gasteiger partial charge in [-0.05, 0) is 18.6 Å². The molecule has 0 saturated carbocycles. The zero-order chi connectivity index (χ0) is 18.1. The third kappa shape index (κ3) is 2.56. The third-order valence-corrected chi connectivity index (χ3v) is 4.43. The van der Waals surface area contributed by atoms with Crippen molar-refractivity contribution in [2.24, 2.45) is 0 Å². The van der Waals surface area contributed by atoms with Gasteiger partial charge in [-0.3, -0.25) is 0 Å². The number of fused-ring (bicyclic) bond motifs is 1. The second kappa shape index (κ2) is 6.30. The van der Waals surface area contributed by atoms with Crippen LogP contribution in [0.5, 0.6) is 0 Å². The summed E-state index contributed by atoms with van der Waals surface area (Å²) in [4.78, 5) is 7.87. The average Bonchev–Trinajstić information content (AvgIpc) is 3.17. The van der Waals surface area contributed by atoms with Crippen molar-refractivity contribution in [2.45, 2.75) is 6.92 Å². The highest BCUT2D eigenvalue weighted by Gasteiger charge is 2.16. The van der Waals surface area contributed by atoms with Gasteiger partial charge in [0.05, 0.1) is 12.3 Å². The zero-order valence-corrected chi connectivity index (χ0v) is 14.3. The predicted octanol–water partition coefficient (Wildman–Crippen LogP) is 5.57. The lowest BCUT2D eigenvalue weighted by molar-refractivity contribution is 0.969. The molecule has 0 N–H and O–H groups in total. The molecule has 0 atom stereocenters. The van der Waals surface area contributed by atoms with Gasteiger partial charge in [0.2, 0.25) is 0 Å². The van der Waals surface area contributed by atoms with Crippen LogP contribution >= 0.6 is 0 Å². The Bertz CT molecular complexity index is 1140. The zero-order valence-electron chi connectivity index (χ0n) is 14.3. The molecule has 0 amide bonds. The molecule has 124 valence electrons. The number of pyridine rings is 1. The minimum atomic E-state index is 0.622. The third-order valence-electron chi connectivity index (χ3n) is 4.43. The molecule has 0 saturated heterocycles. The van der Waals surface area contributed by atoms with Gasteiger partial charge >= 0.3 is 0 Å². The molecular weight excluding hydrogens is 320 g/mol. The van der Waals surface area contributed by atoms with E-state index in [4.69, 9.17) is 6.57 Å². The van der Waals surface area contributed by atoms with Gasteiger partial charge in [0.1, 0.15) is 6.33 Å². The monoisotopic (exact) mass is 336 g/mol. The fraction of sp³-hybridized carbons (Fsp3) is 0.0455. The van der Waals surface area contributed by atoms with Crippen LogP contribution in [-0.2, 0) is 0 Å². The highest BCUT2D eigenvalue weighted by molar-refractivity contribution is 5.86. The van der Waals surface area contributed by atoms with Gasteiger partial charge in [-0.2, -0.15) is 5.10 Å². The van der Waals surface area contributed by atoms with Crippen molar-refractivity contribution in [3.63, 3.8) is 0 Å². The molecule has 0 bridgehead atoms. The van der Waals surface area contributed by atoms with Crippen LogP contribution in [0.4, 0.5) is 5.69 Å². The van der Waals surface area contributed by atoms with Crippen LogP contribution in [0.1, 0.15) is 11.1 Å². The molecule has 2 heterocycles. The van der Waals surface area contributed by atoms with Crippen molar-refractivity contribution in [3.8, 4) is 22.4 Å². The molecule has 2 aromatic carbocycles. The number of hydrogen-bond donors (Lipinski definition) is 0. The largest absolute Gasteiger partial charge is 0.238 e. The summed E-state index contributed by atoms with van der Waals surface area (Å²) in [7, 11) is 0. The molecule has 4 heteroatoms. The quantitative estimate of drug-likeness (QED) is 0.459. The van der Waals surface area contributed by atoms with Crippen LogP contribution in [0.25, 0.3) is 39.0 Å². The van der Waals surface area contributed by atoms with E-state index in [1.807, 2.05) is 28.8 Å². The molecule has 0 spiro atoms. The summed E-state index contributed by atoms with van der Waals surface area (Å²) in [6.07, 6.45) is 3.35. The van der Waals surface area contributed by atoms with E-state index in [0.29, 0.717) is 5.69 Å². The molecule has 4 rings (SSSR count). The van der Waals surface area contributed by atoms with Gasteiger partial charge in [-0.1, -0.05) is 66.7 Å². The standard InChI is InChI=1S/C22H16N4/c1-4-16-13-20(17-9-11-19(23-3)12-10-17)21(26-22(16)24-14-25-26)18-7-5-15(2)6-8-18/h4-14H,1H2,2H3. The molecule has 0 fully saturated rings. The Hall–Kier alpha value is -3.71. The highest BCUT2D eigenvalue weighted by atomic mass is 15.3. The Kier molecular flexibility index (Phi) is 3.83. The van der Waals surface area contributed by atoms with Crippen LogP contribution in [0.3, 0.4) is 0 Å². The summed E-state index contributed by atoms with van der Waals surface area (Å²) in [6, 6.07) is 18.1. The predicted molar refractivity (Wildman–Crippen MR) is 105 cm³/mol. The summed E-state index contributed by atoms with van der Waals surface area (Å²) in [6.45, 7) is 13.1. The first kappa shape index (κ1) is 15.8. The Morgan fingerprint density at radius 1 is 1.04 bits per heavy atom. The van der Waals surface area contributed by atoms with E-state index in [1.165, 1.54) is 5.56 Å². The van der Waals surface area contributed by atoms with E-state index in [-0.39, 0.29) is 0 Å². The van der Waals surface area contributed by atoms with Crippen molar-refractivity contribution in [2.75, 3.05) is 0 Å². The molecule has 0 aliphatic heterocycles. The summed E-state index contributed by atoms with van der Waals surface area (Å²) in [5.41, 5.74) is 7.60. The molecule has 0 aliphatic carbocycles. The lowest BCUT2D eigenvalue weighted by Gasteiger charge is -2.14. The molecule has 0 unspecified atom stereocenters. The van der Waals surface area contributed by atoms with Crippen LogP contribution in [-0.4, -0.2) is 14.6 Å². The molecule has 4 aromatic rings. The summed E-state index contributed by atoms with van der Waals surface area (Å²) < 4.78 is 1.86. The van der Waals surface area contributed by atoms with Crippen molar-refractivity contribution < 1.29 is 0 Å². The SMILES string of the molecule is [C-]#[N+]c1ccc(-c2cc(C=C)c3ncnn3c2-c2ccc(C)cc2)cc1. The van der Waals surface area contributed by atoms with E-state index in [9.17, 15) is 0 Å². The van der Waals surface area contributed by atoms with Crippen molar-refractivity contribution >= 4 is 17.4 Å². The second-order valence-corrected chi connectivity index (χ2v) is 6.09. The topological polar surface area (TPSA) is 34.5 Å². The first-order valence-electron chi connectivity index (χ1n) is 8.25. The maximum Gasteiger partial charge on any atom is 0.187 e. The van der Waals surface area contributed by atoms with Crippen molar-refractivity contribution in [3.05, 3.63) is 90.0 Å². The van der Waals surface area contributed by atoms with Gasteiger partial charge in [0, 0.05) is 16.7 Å². The fourth-order valence-corrected chi connectivity index (χ4v) is 3.08. The number of benzene rings is 2. The lowest BCUT2D eigenvalue weighted by Crippen LogP contribution is -2.00. The number of rotatable bonds is 3. The summed E-state index contributed by atoms with van der Waals surface area (Å²) in [5.74, 6) is 0. The van der Waals surface area contributed by atoms with Crippen LogP contribution in [0.15, 0.2) is 67.5 Å². The van der Waals surface area contributed by atoms with Gasteiger partial charge < -0.3 is 0 Å². The fourth-order valence-electron chi connectivity index (χ4n) is 3.08. The number of hydrogen-bond acceptors (Lipinski definition) is 2. The maximum absolute atomic E-state index is 7.16. The Balaban J connectivity index is 2.06. The van der Waals surface area contributed by atoms with Crippen LogP contribution in [0, 0.1) is 13.5 Å². The number of aromatic nitrogens is 3. The minimum absolute atomic E-state index is 0.622. The van der Waals surface area contributed by atoms with E-state index in [1.54, 1.807) is 12.4 Å². The first-order chi connectivity index (χ1) is 12.7. The average molecular weight is 336 g/mol. The van der Waals surface area contributed by atoms with Crippen molar-refractivity contribution in [1.82, 2.24) is 14.6 Å². The van der Waals surface area contributed by atoms with Gasteiger partial charge in [-0.25, -0.2) is 14.3 Å². The molecule has 0 aliphatic rings. The molecule has 0 radical (unpaired) electrons. The first-order valence-corrected chi connectivity index (χ1v) is 8.25. The lowest BCUT2D eigenvalue weighted by atomic mass is 9.96. The number of nitrogens with zero attached hydrogens (tertiary/aromatic N) is 4. The van der Waals surface area contributed by atoms with Crippen LogP contribution < -0.4 is 0 Å². The maximum atomic E-state index is 7.16.